The monoisotopic (exact) mass is 1660 g/mol. The lowest BCUT2D eigenvalue weighted by atomic mass is 10.1. The maximum absolute atomic E-state index is 5.08. The maximum Gasteiger partial charge on any atom is 0.185 e. The van der Waals surface area contributed by atoms with Crippen LogP contribution in [-0.2, 0) is 0 Å². The van der Waals surface area contributed by atoms with E-state index in [1.165, 1.54) is 42.5 Å². The number of aromatic amines is 1. The van der Waals surface area contributed by atoms with Gasteiger partial charge in [0.2, 0.25) is 0 Å². The normalized spacial score (nSPS) is 12.1. The first-order chi connectivity index (χ1) is 61.1. The second kappa shape index (κ2) is 46.1. The number of thiazole rings is 1. The topological polar surface area (TPSA) is 300 Å². The van der Waals surface area contributed by atoms with Gasteiger partial charge in [-0.05, 0) is 143 Å². The smallest absolute Gasteiger partial charge is 0.185 e. The van der Waals surface area contributed by atoms with Crippen molar-refractivity contribution in [1.29, 1.82) is 0 Å². The van der Waals surface area contributed by atoms with Crippen LogP contribution in [0.15, 0.2) is 445 Å². The van der Waals surface area contributed by atoms with Crippen molar-refractivity contribution in [2.24, 2.45) is 10.9 Å². The highest BCUT2D eigenvalue weighted by Gasteiger charge is 2.20. The van der Waals surface area contributed by atoms with Crippen LogP contribution in [0.25, 0.3) is 130 Å². The number of pyridine rings is 7. The number of H-pyrrole nitrogens is 1. The summed E-state index contributed by atoms with van der Waals surface area (Å²) in [6.45, 7) is 0. The van der Waals surface area contributed by atoms with Gasteiger partial charge in [-0.2, -0.15) is 19.7 Å². The van der Waals surface area contributed by atoms with Gasteiger partial charge in [-0.3, -0.25) is 45.0 Å². The highest BCUT2D eigenvalue weighted by molar-refractivity contribution is 8.03. The van der Waals surface area contributed by atoms with Gasteiger partial charge in [-0.1, -0.05) is 174 Å². The number of thioether (sulfide) groups is 1. The number of aromatic nitrogens is 19. The Balaban J connectivity index is 0.000000109. The Kier molecular flexibility index (Phi) is 31.2. The van der Waals surface area contributed by atoms with Crippen LogP contribution < -0.4 is 0 Å². The van der Waals surface area contributed by atoms with Gasteiger partial charge in [0.05, 0.1) is 91.5 Å². The Morgan fingerprint density at radius 3 is 1.54 bits per heavy atom. The lowest BCUT2D eigenvalue weighted by Gasteiger charge is -2.11. The lowest BCUT2D eigenvalue weighted by molar-refractivity contribution is 0.456. The molecule has 0 bridgehead atoms. The third kappa shape index (κ3) is 25.7. The maximum atomic E-state index is 5.08. The third-order valence-electron chi connectivity index (χ3n) is 17.6. The average molecular weight is 1660 g/mol. The summed E-state index contributed by atoms with van der Waals surface area (Å²) in [5, 5.41) is 36.9. The number of benzene rings is 8. The number of nitrogens with zero attached hydrogens (tertiary/aromatic N) is 19. The van der Waals surface area contributed by atoms with Crippen LogP contribution in [0.4, 0.5) is 0 Å². The van der Waals surface area contributed by atoms with Gasteiger partial charge < -0.3 is 13.5 Å². The van der Waals surface area contributed by atoms with Gasteiger partial charge in [-0.15, -0.1) is 23.1 Å². The molecule has 23 nitrogen and oxygen atoms in total. The number of para-hydroxylation sites is 6. The summed E-state index contributed by atoms with van der Waals surface area (Å²) in [7, 11) is 0. The molecule has 0 radical (unpaired) electrons. The zero-order chi connectivity index (χ0) is 83.6. The lowest BCUT2D eigenvalue weighted by Crippen LogP contribution is -2.11. The Bertz CT molecular complexity index is 5710. The zero-order valence-electron chi connectivity index (χ0n) is 65.6. The molecule has 0 saturated carbocycles. The molecule has 2 aliphatic rings. The molecule has 16 aromatic heterocycles. The van der Waals surface area contributed by atoms with Crippen molar-refractivity contribution >= 4 is 171 Å². The highest BCUT2D eigenvalue weighted by atomic mass is 32.2. The zero-order valence-corrected chi connectivity index (χ0v) is 68.0. The van der Waals surface area contributed by atoms with Gasteiger partial charge in [0, 0.05) is 153 Å². The summed E-state index contributed by atoms with van der Waals surface area (Å²) in [5.41, 5.74) is 12.0. The van der Waals surface area contributed by atoms with Gasteiger partial charge in [0.1, 0.15) is 17.4 Å². The van der Waals surface area contributed by atoms with Gasteiger partial charge in [-0.25, -0.2) is 24.9 Å². The molecule has 0 fully saturated rings. The van der Waals surface area contributed by atoms with Crippen molar-refractivity contribution in [2.45, 2.75) is 5.25 Å². The first kappa shape index (κ1) is 83.3. The number of fused-ring (bicyclic) bond motifs is 13. The fourth-order valence-electron chi connectivity index (χ4n) is 11.5. The van der Waals surface area contributed by atoms with Crippen LogP contribution in [0.1, 0.15) is 0 Å². The van der Waals surface area contributed by atoms with E-state index in [1.54, 1.807) is 104 Å². The molecule has 0 spiro atoms. The van der Waals surface area contributed by atoms with Crippen molar-refractivity contribution in [3.05, 3.63) is 427 Å². The van der Waals surface area contributed by atoms with E-state index in [1.807, 2.05) is 297 Å². The molecular formula is C97H74N20O3S3. The SMILES string of the molecule is C1=CC2SC=CC2C=N1.c1cc2occc2cn1.c1cc2scnc2cn1.c1ccc2[nH]ncc2c1.c1ccc2cnccc2c1.c1ccc2cnncc2c1.c1ccc2ncccc2c1.c1ccc2nccnc2c1.c1ccc2ncncc2c1.c1ccc2oncc2c1.c1ccc2sncc2c1.c1cnc2cnoc2c1.c1cnc2ncccc2c1. The van der Waals surface area contributed by atoms with E-state index in [4.69, 9.17) is 13.5 Å². The third-order valence-corrected chi connectivity index (χ3v) is 20.3. The predicted molar refractivity (Wildman–Crippen MR) is 496 cm³/mol. The van der Waals surface area contributed by atoms with Crippen LogP contribution in [0.3, 0.4) is 0 Å². The predicted octanol–water partition coefficient (Wildman–Crippen LogP) is 23.2. The van der Waals surface area contributed by atoms with E-state index >= 15 is 0 Å². The van der Waals surface area contributed by atoms with Gasteiger partial charge in [0.15, 0.2) is 16.8 Å². The van der Waals surface area contributed by atoms with Crippen molar-refractivity contribution in [3.8, 4) is 0 Å². The Morgan fingerprint density at radius 1 is 0.317 bits per heavy atom. The minimum Gasteiger partial charge on any atom is -0.464 e. The van der Waals surface area contributed by atoms with Crippen LogP contribution in [0.2, 0.25) is 0 Å². The molecule has 1 N–H and O–H groups in total. The van der Waals surface area contributed by atoms with E-state index in [-0.39, 0.29) is 0 Å². The molecule has 8 aromatic carbocycles. The molecule has 0 amide bonds. The highest BCUT2D eigenvalue weighted by Crippen LogP contribution is 2.31. The molecule has 2 unspecified atom stereocenters. The molecule has 598 valence electrons. The summed E-state index contributed by atoms with van der Waals surface area (Å²) < 4.78 is 21.3. The van der Waals surface area contributed by atoms with Crippen molar-refractivity contribution < 1.29 is 13.5 Å². The quantitative estimate of drug-likeness (QED) is 0.147. The van der Waals surface area contributed by atoms with Gasteiger partial charge >= 0.3 is 0 Å². The van der Waals surface area contributed by atoms with E-state index in [2.05, 4.69) is 154 Å². The first-order valence-electron chi connectivity index (χ1n) is 38.3. The fraction of sp³-hybridized carbons (Fsp3) is 0.0206. The average Bonchev–Trinajstić information content (AvgIpc) is 0.988. The molecule has 26 heteroatoms. The van der Waals surface area contributed by atoms with Crippen molar-refractivity contribution in [1.82, 2.24) is 94.9 Å². The summed E-state index contributed by atoms with van der Waals surface area (Å²) in [4.78, 5) is 52.5. The van der Waals surface area contributed by atoms with Gasteiger partial charge in [0.25, 0.3) is 0 Å². The van der Waals surface area contributed by atoms with Crippen molar-refractivity contribution in [3.63, 3.8) is 0 Å². The largest absolute Gasteiger partial charge is 0.464 e. The van der Waals surface area contributed by atoms with E-state index < -0.39 is 0 Å². The minimum absolute atomic E-state index is 0.569. The number of rotatable bonds is 0. The molecule has 0 saturated heterocycles. The molecule has 26 rings (SSSR count). The first-order valence-corrected chi connectivity index (χ1v) is 40.9. The standard InChI is InChI=1S/2C9H7N.4C8H6N2.C7H6N2.2C7H5NO.C7H7NS.C7H5NS.C6H4N2O.C6H4N2S/c1-2-6-9-8(4-1)5-3-7-10-9;1-2-4-9-7-10-6-5-8(9)3-1;1-3-7-4-2-6-10-8(7)9-5-1;1-2-4-8-7(3-1)5-9-6-10-8;1-2-4-8-6-10-9-5-7(8)3-1;1-2-4-8-7(3-1)9-5-6-10-8;1-2-4-7-6(3-1)5-8-9-7;1-3-8-5-6-2-4-9-7(1)6;1-2-4-7-6(3-1)5-8-9-7;1-3-8-5-6-2-4-9-7(1)6;1-2-4-7-6(3-1)5-8-9-7;1-2-6-5(7-3-1)4-8-9-6;1-2-7-3-5-6(1)9-4-8-5/h2*1-7H;4*1-6H;1-5H,(H,8,9);2*1-5H;1-7H;1-5H;2*1-4H. The molecule has 123 heavy (non-hydrogen) atoms. The second-order valence-corrected chi connectivity index (χ2v) is 28.6. The second-order valence-electron chi connectivity index (χ2n) is 25.8. The van der Waals surface area contributed by atoms with Crippen molar-refractivity contribution in [2.75, 3.05) is 0 Å². The van der Waals surface area contributed by atoms with Crippen LogP contribution >= 0.6 is 34.6 Å². The summed E-state index contributed by atoms with van der Waals surface area (Å²) in [6, 6.07) is 87.1. The van der Waals surface area contributed by atoms with Crippen LogP contribution in [0.5, 0.6) is 0 Å². The minimum atomic E-state index is 0.569. The molecular weight excluding hydrogens is 1590 g/mol. The summed E-state index contributed by atoms with van der Waals surface area (Å²) >= 11 is 5.04. The molecule has 0 aliphatic carbocycles. The Hall–Kier alpha value is -16.2. The number of aliphatic imine (C=N–C) groups is 1. The van der Waals surface area contributed by atoms with Crippen LogP contribution in [-0.4, -0.2) is 106 Å². The molecule has 18 heterocycles. The number of hydrogen-bond acceptors (Lipinski definition) is 25. The van der Waals surface area contributed by atoms with Crippen LogP contribution in [0, 0.1) is 5.92 Å². The van der Waals surface area contributed by atoms with E-state index in [0.29, 0.717) is 11.2 Å². The van der Waals surface area contributed by atoms with E-state index in [0.717, 1.165) is 98.7 Å². The fourth-order valence-corrected chi connectivity index (χ4v) is 13.7. The summed E-state index contributed by atoms with van der Waals surface area (Å²) in [6.07, 6.45) is 44.9. The molecule has 2 aliphatic heterocycles. The summed E-state index contributed by atoms with van der Waals surface area (Å²) in [5.74, 6) is 0.569. The Morgan fingerprint density at radius 2 is 0.862 bits per heavy atom. The Labute approximate surface area is 716 Å². The number of furan rings is 1. The van der Waals surface area contributed by atoms with E-state index in [9.17, 15) is 0 Å². The number of hydrogen-bond donors (Lipinski definition) is 1. The number of nitrogens with one attached hydrogen (secondary N) is 1. The molecule has 24 aromatic rings. The molecule has 2 atom stereocenters. The number of allylic oxidation sites excluding steroid dienone is 1.